The van der Waals surface area contributed by atoms with E-state index in [4.69, 9.17) is 5.11 Å². The van der Waals surface area contributed by atoms with E-state index in [1.807, 2.05) is 18.0 Å². The van der Waals surface area contributed by atoms with Gasteiger partial charge in [0.05, 0.1) is 6.54 Å². The van der Waals surface area contributed by atoms with Crippen LogP contribution >= 0.6 is 0 Å². The zero-order valence-corrected chi connectivity index (χ0v) is 11.5. The van der Waals surface area contributed by atoms with Crippen LogP contribution in [0.1, 0.15) is 12.0 Å². The highest BCUT2D eigenvalue weighted by Gasteiger charge is 2.23. The molecular formula is C15H22N2O2. The predicted molar refractivity (Wildman–Crippen MR) is 75.0 cm³/mol. The summed E-state index contributed by atoms with van der Waals surface area (Å²) in [4.78, 5) is 15.0. The van der Waals surface area contributed by atoms with Gasteiger partial charge >= 0.3 is 5.97 Å². The van der Waals surface area contributed by atoms with Crippen molar-refractivity contribution < 1.29 is 9.90 Å². The third kappa shape index (κ3) is 4.65. The Morgan fingerprint density at radius 2 is 2.16 bits per heavy atom. The zero-order valence-electron chi connectivity index (χ0n) is 11.5. The second kappa shape index (κ2) is 6.68. The SMILES string of the molecule is CN(CC(=O)O)CC1CCN(Cc2ccccc2)C1. The van der Waals surface area contributed by atoms with E-state index in [1.165, 1.54) is 5.56 Å². The fourth-order valence-electron chi connectivity index (χ4n) is 2.78. The number of likely N-dealkylation sites (tertiary alicyclic amines) is 1. The minimum atomic E-state index is -0.748. The molecular weight excluding hydrogens is 240 g/mol. The predicted octanol–water partition coefficient (Wildman–Crippen LogP) is 1.52. The van der Waals surface area contributed by atoms with Crippen LogP contribution in [0.25, 0.3) is 0 Å². The van der Waals surface area contributed by atoms with E-state index in [-0.39, 0.29) is 6.54 Å². The number of hydrogen-bond donors (Lipinski definition) is 1. The van der Waals surface area contributed by atoms with Gasteiger partial charge in [-0.15, -0.1) is 0 Å². The molecule has 1 aliphatic rings. The van der Waals surface area contributed by atoms with Crippen molar-refractivity contribution in [3.63, 3.8) is 0 Å². The van der Waals surface area contributed by atoms with Crippen LogP contribution in [0.15, 0.2) is 30.3 Å². The number of hydrogen-bond acceptors (Lipinski definition) is 3. The van der Waals surface area contributed by atoms with Crippen LogP contribution in [0.5, 0.6) is 0 Å². The molecule has 0 radical (unpaired) electrons. The molecule has 0 spiro atoms. The van der Waals surface area contributed by atoms with Crippen molar-refractivity contribution in [2.75, 3.05) is 33.2 Å². The van der Waals surface area contributed by atoms with Crippen LogP contribution < -0.4 is 0 Å². The number of benzene rings is 1. The van der Waals surface area contributed by atoms with Gasteiger partial charge in [-0.05, 0) is 31.5 Å². The first-order valence-electron chi connectivity index (χ1n) is 6.80. The van der Waals surface area contributed by atoms with Gasteiger partial charge in [0.1, 0.15) is 0 Å². The van der Waals surface area contributed by atoms with Crippen molar-refractivity contribution in [1.82, 2.24) is 9.80 Å². The Kier molecular flexibility index (Phi) is 4.93. The minimum Gasteiger partial charge on any atom is -0.480 e. The van der Waals surface area contributed by atoms with Gasteiger partial charge in [0.15, 0.2) is 0 Å². The van der Waals surface area contributed by atoms with Gasteiger partial charge in [-0.1, -0.05) is 30.3 Å². The lowest BCUT2D eigenvalue weighted by Gasteiger charge is -2.20. The Labute approximate surface area is 114 Å². The Morgan fingerprint density at radius 3 is 2.84 bits per heavy atom. The molecule has 1 saturated heterocycles. The van der Waals surface area contributed by atoms with Gasteiger partial charge in [0.25, 0.3) is 0 Å². The lowest BCUT2D eigenvalue weighted by atomic mass is 10.1. The van der Waals surface area contributed by atoms with Gasteiger partial charge < -0.3 is 5.11 Å². The largest absolute Gasteiger partial charge is 0.480 e. The van der Waals surface area contributed by atoms with E-state index in [2.05, 4.69) is 29.2 Å². The number of carbonyl (C=O) groups is 1. The zero-order chi connectivity index (χ0) is 13.7. The molecule has 1 fully saturated rings. The molecule has 4 heteroatoms. The highest BCUT2D eigenvalue weighted by Crippen LogP contribution is 2.19. The first kappa shape index (κ1) is 14.0. The van der Waals surface area contributed by atoms with Gasteiger partial charge in [-0.25, -0.2) is 0 Å². The second-order valence-corrected chi connectivity index (χ2v) is 5.47. The fourth-order valence-corrected chi connectivity index (χ4v) is 2.78. The fraction of sp³-hybridized carbons (Fsp3) is 0.533. The maximum atomic E-state index is 10.6. The average Bonchev–Trinajstić information content (AvgIpc) is 2.76. The summed E-state index contributed by atoms with van der Waals surface area (Å²) in [6.07, 6.45) is 1.16. The number of carboxylic acid groups (broad SMARTS) is 1. The number of aliphatic carboxylic acids is 1. The third-order valence-electron chi connectivity index (χ3n) is 3.59. The molecule has 0 amide bonds. The summed E-state index contributed by atoms with van der Waals surface area (Å²) in [5, 5.41) is 8.75. The number of nitrogens with zero attached hydrogens (tertiary/aromatic N) is 2. The van der Waals surface area contributed by atoms with Crippen molar-refractivity contribution in [3.05, 3.63) is 35.9 Å². The monoisotopic (exact) mass is 262 g/mol. The molecule has 1 unspecified atom stereocenters. The Balaban J connectivity index is 1.75. The molecule has 0 aromatic heterocycles. The van der Waals surface area contributed by atoms with Crippen molar-refractivity contribution in [2.45, 2.75) is 13.0 Å². The molecule has 1 heterocycles. The maximum Gasteiger partial charge on any atom is 0.317 e. The topological polar surface area (TPSA) is 43.8 Å². The molecule has 0 saturated carbocycles. The molecule has 1 atom stereocenters. The molecule has 19 heavy (non-hydrogen) atoms. The Hall–Kier alpha value is -1.39. The molecule has 1 aliphatic heterocycles. The summed E-state index contributed by atoms with van der Waals surface area (Å²) in [7, 11) is 1.88. The smallest absolute Gasteiger partial charge is 0.317 e. The summed E-state index contributed by atoms with van der Waals surface area (Å²) >= 11 is 0. The summed E-state index contributed by atoms with van der Waals surface area (Å²) in [5.74, 6) is -0.158. The molecule has 2 rings (SSSR count). The molecule has 104 valence electrons. The van der Waals surface area contributed by atoms with E-state index in [1.54, 1.807) is 0 Å². The molecule has 1 aromatic carbocycles. The first-order chi connectivity index (χ1) is 9.13. The van der Waals surface area contributed by atoms with E-state index in [9.17, 15) is 4.79 Å². The number of carboxylic acids is 1. The van der Waals surface area contributed by atoms with Crippen LogP contribution in [-0.2, 0) is 11.3 Å². The molecule has 0 bridgehead atoms. The molecule has 4 nitrogen and oxygen atoms in total. The van der Waals surface area contributed by atoms with Crippen LogP contribution in [0.2, 0.25) is 0 Å². The number of rotatable bonds is 6. The molecule has 1 N–H and O–H groups in total. The van der Waals surface area contributed by atoms with Crippen molar-refractivity contribution >= 4 is 5.97 Å². The third-order valence-corrected chi connectivity index (χ3v) is 3.59. The minimum absolute atomic E-state index is 0.134. The van der Waals surface area contributed by atoms with Crippen LogP contribution in [0, 0.1) is 5.92 Å². The summed E-state index contributed by atoms with van der Waals surface area (Å²) in [5.41, 5.74) is 1.35. The van der Waals surface area contributed by atoms with E-state index < -0.39 is 5.97 Å². The highest BCUT2D eigenvalue weighted by molar-refractivity contribution is 5.68. The van der Waals surface area contributed by atoms with Gasteiger partial charge in [-0.3, -0.25) is 14.6 Å². The van der Waals surface area contributed by atoms with E-state index in [0.717, 1.165) is 32.6 Å². The first-order valence-corrected chi connectivity index (χ1v) is 6.80. The van der Waals surface area contributed by atoms with Crippen molar-refractivity contribution in [3.8, 4) is 0 Å². The molecule has 1 aromatic rings. The lowest BCUT2D eigenvalue weighted by Crippen LogP contribution is -2.32. The summed E-state index contributed by atoms with van der Waals surface area (Å²) < 4.78 is 0. The Bertz CT molecular complexity index is 408. The second-order valence-electron chi connectivity index (χ2n) is 5.47. The van der Waals surface area contributed by atoms with Crippen LogP contribution in [-0.4, -0.2) is 54.1 Å². The summed E-state index contributed by atoms with van der Waals surface area (Å²) in [6.45, 7) is 4.19. The maximum absolute atomic E-state index is 10.6. The normalized spacial score (nSPS) is 20.0. The summed E-state index contributed by atoms with van der Waals surface area (Å²) in [6, 6.07) is 10.5. The average molecular weight is 262 g/mol. The quantitative estimate of drug-likeness (QED) is 0.844. The van der Waals surface area contributed by atoms with Gasteiger partial charge in [0, 0.05) is 19.6 Å². The van der Waals surface area contributed by atoms with Gasteiger partial charge in [0.2, 0.25) is 0 Å². The Morgan fingerprint density at radius 1 is 1.42 bits per heavy atom. The van der Waals surface area contributed by atoms with Crippen molar-refractivity contribution in [1.29, 1.82) is 0 Å². The van der Waals surface area contributed by atoms with Crippen molar-refractivity contribution in [2.24, 2.45) is 5.92 Å². The van der Waals surface area contributed by atoms with E-state index in [0.29, 0.717) is 5.92 Å². The lowest BCUT2D eigenvalue weighted by molar-refractivity contribution is -0.138. The molecule has 0 aliphatic carbocycles. The van der Waals surface area contributed by atoms with E-state index >= 15 is 0 Å². The highest BCUT2D eigenvalue weighted by atomic mass is 16.4. The standard InChI is InChI=1S/C15H22N2O2/c1-16(12-15(18)19)9-14-7-8-17(11-14)10-13-5-3-2-4-6-13/h2-6,14H,7-12H2,1H3,(H,18,19). The number of likely N-dealkylation sites (N-methyl/N-ethyl adjacent to an activating group) is 1. The van der Waals surface area contributed by atoms with Crippen LogP contribution in [0.4, 0.5) is 0 Å². The van der Waals surface area contributed by atoms with Crippen LogP contribution in [0.3, 0.4) is 0 Å². The van der Waals surface area contributed by atoms with Gasteiger partial charge in [-0.2, -0.15) is 0 Å².